The number of halogens is 3. The Kier molecular flexibility index (Phi) is 21.6. The first-order chi connectivity index (χ1) is 6.27. The van der Waals surface area contributed by atoms with Crippen molar-refractivity contribution in [2.75, 3.05) is 0 Å². The number of carbonyl (C=O) groups excluding carboxylic acids is 2. The predicted octanol–water partition coefficient (Wildman–Crippen LogP) is 3.57. The molecule has 0 aliphatic rings. The van der Waals surface area contributed by atoms with E-state index in [1.54, 1.807) is 0 Å². The molecule has 0 saturated heterocycles. The molecule has 0 fully saturated rings. The van der Waals surface area contributed by atoms with E-state index in [0.29, 0.717) is 0 Å². The van der Waals surface area contributed by atoms with E-state index in [0.717, 1.165) is 12.2 Å². The predicted molar refractivity (Wildman–Crippen MR) is 56.6 cm³/mol. The van der Waals surface area contributed by atoms with Gasteiger partial charge in [-0.05, 0) is 12.2 Å². The summed E-state index contributed by atoms with van der Waals surface area (Å²) in [6.07, 6.45) is 1.89. The van der Waals surface area contributed by atoms with Crippen molar-refractivity contribution in [3.05, 3.63) is 36.8 Å². The van der Waals surface area contributed by atoms with Gasteiger partial charge in [0.1, 0.15) is 0 Å². The zero-order valence-corrected chi connectivity index (χ0v) is 10.8. The average Bonchev–Trinajstić information content (AvgIpc) is 2.04. The van der Waals surface area contributed by atoms with Crippen LogP contribution < -0.4 is 0 Å². The molecule has 0 aromatic rings. The van der Waals surface area contributed by atoms with Crippen molar-refractivity contribution in [1.29, 1.82) is 0 Å². The molecule has 0 unspecified atom stereocenters. The molecular weight excluding hydrogens is 286 g/mol. The molecule has 0 saturated carbocycles. The van der Waals surface area contributed by atoms with E-state index >= 15 is 0 Å². The van der Waals surface area contributed by atoms with E-state index in [9.17, 15) is 9.59 Å². The van der Waals surface area contributed by atoms with Crippen LogP contribution >= 0.6 is 27.9 Å². The van der Waals surface area contributed by atoms with Crippen LogP contribution in [0.4, 0.5) is 0 Å². The molecule has 8 heteroatoms. The molecule has 0 heterocycles. The molecule has 14 heavy (non-hydrogen) atoms. The van der Waals surface area contributed by atoms with Gasteiger partial charge in [-0.2, -0.15) is 0 Å². The summed E-state index contributed by atoms with van der Waals surface area (Å²) in [5, 5.41) is 0. The summed E-state index contributed by atoms with van der Waals surface area (Å²) in [6, 6.07) is 0. The third-order valence-corrected chi connectivity index (χ3v) is 0.371. The summed E-state index contributed by atoms with van der Waals surface area (Å²) in [6.45, 7) is 6.05. The van der Waals surface area contributed by atoms with Crippen molar-refractivity contribution in [3.8, 4) is 0 Å². The van der Waals surface area contributed by atoms with Gasteiger partial charge in [-0.25, -0.2) is 0 Å². The maximum atomic E-state index is 9.36. The number of hydrogen-bond donors (Lipinski definition) is 0. The third-order valence-electron chi connectivity index (χ3n) is 0.371. The maximum absolute atomic E-state index is 9.36. The number of rotatable bonds is 2. The molecule has 81 valence electrons. The Morgan fingerprint density at radius 3 is 1.07 bits per heavy atom. The molecule has 0 aliphatic carbocycles. The fourth-order valence-corrected chi connectivity index (χ4v) is 0. The molecule has 0 aromatic heterocycles. The van der Waals surface area contributed by atoms with Crippen LogP contribution in [-0.2, 0) is 24.3 Å². The van der Waals surface area contributed by atoms with Crippen LogP contribution in [0.3, 0.4) is 0 Å². The fraction of sp³-hybridized carbons (Fsp3) is 0. The molecule has 0 atom stereocenters. The van der Waals surface area contributed by atoms with E-state index in [4.69, 9.17) is 39.4 Å². The summed E-state index contributed by atoms with van der Waals surface area (Å²) in [4.78, 5) is 18.7. The van der Waals surface area contributed by atoms with Gasteiger partial charge in [0, 0.05) is 0 Å². The minimum atomic E-state index is -1.92. The Morgan fingerprint density at radius 1 is 1.00 bits per heavy atom. The standard InChI is InChI=1S/2C3H5NO.3ClH.Ti/c2*1-2-3(4)5;;;;/h2*2H,1H2,(H2,4,5);3*1H;/q;;;;;+3/p-5. The number of amides is 2. The van der Waals surface area contributed by atoms with Crippen molar-refractivity contribution in [1.82, 2.24) is 0 Å². The zero-order chi connectivity index (χ0) is 12.1. The summed E-state index contributed by atoms with van der Waals surface area (Å²) in [5.74, 6) is -1.46. The molecule has 0 spiro atoms. The number of nitrogens with one attached hydrogen (secondary N) is 2. The van der Waals surface area contributed by atoms with Gasteiger partial charge in [-0.3, -0.25) is 0 Å². The molecule has 0 radical (unpaired) electrons. The van der Waals surface area contributed by atoms with E-state index < -0.39 is 26.5 Å². The van der Waals surface area contributed by atoms with Crippen molar-refractivity contribution in [2.45, 2.75) is 0 Å². The molecule has 4 nitrogen and oxygen atoms in total. The van der Waals surface area contributed by atoms with Crippen LogP contribution in [0, 0.1) is 0 Å². The summed E-state index contributed by atoms with van der Waals surface area (Å²) in [7, 11) is 14.9. The van der Waals surface area contributed by atoms with Crippen molar-refractivity contribution in [3.63, 3.8) is 0 Å². The Balaban J connectivity index is -0.000000131. The van der Waals surface area contributed by atoms with Crippen LogP contribution in [-0.4, -0.2) is 11.8 Å². The first-order valence-corrected chi connectivity index (χ1v) is 9.31. The second-order valence-corrected chi connectivity index (χ2v) is 9.09. The van der Waals surface area contributed by atoms with Crippen LogP contribution in [0.15, 0.2) is 25.3 Å². The Labute approximate surface area is 100 Å². The normalized spacial score (nSPS) is 6.50. The Bertz CT molecular complexity index is 179. The zero-order valence-electron chi connectivity index (χ0n) is 7.02. The van der Waals surface area contributed by atoms with Gasteiger partial charge in [-0.1, -0.05) is 13.2 Å². The van der Waals surface area contributed by atoms with Gasteiger partial charge in [0.05, 0.1) is 11.8 Å². The van der Waals surface area contributed by atoms with Crippen LogP contribution in [0.25, 0.3) is 11.5 Å². The van der Waals surface area contributed by atoms with Crippen molar-refractivity contribution in [2.24, 2.45) is 0 Å². The van der Waals surface area contributed by atoms with E-state index in [1.165, 1.54) is 0 Å². The Hall–Kier alpha value is 0.00429. The van der Waals surface area contributed by atoms with Gasteiger partial charge < -0.3 is 21.1 Å². The summed E-state index contributed by atoms with van der Waals surface area (Å²) < 4.78 is 0. The van der Waals surface area contributed by atoms with E-state index in [1.807, 2.05) is 0 Å². The summed E-state index contributed by atoms with van der Waals surface area (Å²) >= 11 is -1.92. The van der Waals surface area contributed by atoms with Crippen molar-refractivity contribution >= 4 is 39.7 Å². The SMILES string of the molecule is C=CC([NH-])=O.C=CC([NH-])=O.[Cl][Ti]([Cl])[Cl]. The fourth-order valence-electron chi connectivity index (χ4n) is 0. The first-order valence-electron chi connectivity index (χ1n) is 2.87. The van der Waals surface area contributed by atoms with Crippen molar-refractivity contribution < 1.29 is 24.3 Å². The minimum absolute atomic E-state index is 0.731. The van der Waals surface area contributed by atoms with E-state index in [2.05, 4.69) is 13.2 Å². The topological polar surface area (TPSA) is 81.7 Å². The Morgan fingerprint density at radius 2 is 1.07 bits per heavy atom. The third kappa shape index (κ3) is 90.7. The van der Waals surface area contributed by atoms with Gasteiger partial charge >= 0.3 is 42.6 Å². The quantitative estimate of drug-likeness (QED) is 0.576. The second-order valence-electron chi connectivity index (χ2n) is 1.35. The molecule has 0 aromatic carbocycles. The average molecular weight is 294 g/mol. The van der Waals surface area contributed by atoms with Crippen LogP contribution in [0.2, 0.25) is 0 Å². The van der Waals surface area contributed by atoms with Gasteiger partial charge in [0.2, 0.25) is 0 Å². The first kappa shape index (κ1) is 19.6. The molecule has 2 N–H and O–H groups in total. The molecule has 0 rings (SSSR count). The van der Waals surface area contributed by atoms with E-state index in [-0.39, 0.29) is 0 Å². The van der Waals surface area contributed by atoms with Gasteiger partial charge in [0.25, 0.3) is 0 Å². The molecule has 0 bridgehead atoms. The molecular formula is C6H8Cl3N2O2Ti-2. The summed E-state index contributed by atoms with van der Waals surface area (Å²) in [5.41, 5.74) is 12.1. The molecule has 2 amide bonds. The van der Waals surface area contributed by atoms with Crippen LogP contribution in [0.5, 0.6) is 0 Å². The van der Waals surface area contributed by atoms with Crippen LogP contribution in [0.1, 0.15) is 0 Å². The molecule has 0 aliphatic heterocycles. The number of carbonyl (C=O) groups is 2. The van der Waals surface area contributed by atoms with Gasteiger partial charge in [0.15, 0.2) is 0 Å². The number of hydrogen-bond acceptors (Lipinski definition) is 2. The second kappa shape index (κ2) is 15.5. The van der Waals surface area contributed by atoms with Gasteiger partial charge in [-0.15, -0.1) is 0 Å². The monoisotopic (exact) mass is 293 g/mol.